The Labute approximate surface area is 103 Å². The minimum atomic E-state index is -0.978. The molecule has 4 nitrogen and oxygen atoms in total. The molecule has 0 atom stereocenters. The fourth-order valence-corrected chi connectivity index (χ4v) is 1.77. The van der Waals surface area contributed by atoms with Gasteiger partial charge < -0.3 is 10.2 Å². The van der Waals surface area contributed by atoms with Gasteiger partial charge in [0.15, 0.2) is 5.78 Å². The second-order valence-electron chi connectivity index (χ2n) is 4.06. The van der Waals surface area contributed by atoms with E-state index in [4.69, 9.17) is 5.11 Å². The maximum atomic E-state index is 11.7. The van der Waals surface area contributed by atoms with Crippen LogP contribution in [0.4, 0.5) is 0 Å². The van der Waals surface area contributed by atoms with Crippen molar-refractivity contribution in [2.45, 2.75) is 12.8 Å². The molecule has 0 fully saturated rings. The zero-order valence-electron chi connectivity index (χ0n) is 9.59. The van der Waals surface area contributed by atoms with E-state index in [-0.39, 0.29) is 24.4 Å². The van der Waals surface area contributed by atoms with E-state index in [2.05, 4.69) is 0 Å². The Bertz CT molecular complexity index is 616. The zero-order valence-corrected chi connectivity index (χ0v) is 9.59. The van der Waals surface area contributed by atoms with Gasteiger partial charge in [-0.25, -0.2) is 0 Å². The molecule has 18 heavy (non-hydrogen) atoms. The van der Waals surface area contributed by atoms with Crippen molar-refractivity contribution < 1.29 is 19.8 Å². The first kappa shape index (κ1) is 12.1. The molecule has 0 saturated carbocycles. The van der Waals surface area contributed by atoms with Crippen LogP contribution in [0.25, 0.3) is 10.8 Å². The Morgan fingerprint density at radius 2 is 1.61 bits per heavy atom. The van der Waals surface area contributed by atoms with E-state index >= 15 is 0 Å². The highest BCUT2D eigenvalue weighted by Crippen LogP contribution is 2.21. The molecule has 0 amide bonds. The first-order valence-electron chi connectivity index (χ1n) is 5.54. The van der Waals surface area contributed by atoms with Crippen LogP contribution in [0.3, 0.4) is 0 Å². The maximum absolute atomic E-state index is 11.7. The summed E-state index contributed by atoms with van der Waals surface area (Å²) in [5.74, 6) is -0.992. The normalized spacial score (nSPS) is 10.4. The van der Waals surface area contributed by atoms with Gasteiger partial charge in [0, 0.05) is 12.0 Å². The quantitative estimate of drug-likeness (QED) is 0.810. The number of phenols is 1. The van der Waals surface area contributed by atoms with Crippen molar-refractivity contribution in [2.75, 3.05) is 0 Å². The molecule has 0 aliphatic rings. The molecule has 0 radical (unpaired) electrons. The number of Topliss-reactive ketones (excluding diaryl/α,β-unsaturated/α-hetero) is 1. The lowest BCUT2D eigenvalue weighted by molar-refractivity contribution is -0.136. The minimum Gasteiger partial charge on any atom is -0.508 e. The molecule has 0 spiro atoms. The molecule has 0 aromatic heterocycles. The lowest BCUT2D eigenvalue weighted by Crippen LogP contribution is -2.03. The Morgan fingerprint density at radius 1 is 0.944 bits per heavy atom. The lowest BCUT2D eigenvalue weighted by atomic mass is 10.0. The molecule has 0 unspecified atom stereocenters. The van der Waals surface area contributed by atoms with Crippen molar-refractivity contribution in [3.63, 3.8) is 0 Å². The zero-order chi connectivity index (χ0) is 13.1. The molecular weight excluding hydrogens is 232 g/mol. The number of hydrogen-bond donors (Lipinski definition) is 2. The summed E-state index contributed by atoms with van der Waals surface area (Å²) in [5.41, 5.74) is 0.495. The van der Waals surface area contributed by atoms with Crippen LogP contribution in [-0.2, 0) is 4.79 Å². The average molecular weight is 244 g/mol. The monoisotopic (exact) mass is 244 g/mol. The second-order valence-corrected chi connectivity index (χ2v) is 4.06. The highest BCUT2D eigenvalue weighted by atomic mass is 16.4. The number of benzene rings is 2. The van der Waals surface area contributed by atoms with Gasteiger partial charge in [0.1, 0.15) is 5.75 Å². The third-order valence-corrected chi connectivity index (χ3v) is 2.71. The van der Waals surface area contributed by atoms with Crippen molar-refractivity contribution >= 4 is 22.5 Å². The van der Waals surface area contributed by atoms with Crippen LogP contribution >= 0.6 is 0 Å². The molecule has 2 aromatic carbocycles. The number of carbonyl (C=O) groups is 2. The maximum Gasteiger partial charge on any atom is 0.303 e. The number of carboxylic acid groups (broad SMARTS) is 1. The van der Waals surface area contributed by atoms with Gasteiger partial charge in [0.25, 0.3) is 0 Å². The third-order valence-electron chi connectivity index (χ3n) is 2.71. The van der Waals surface area contributed by atoms with Crippen LogP contribution < -0.4 is 0 Å². The van der Waals surface area contributed by atoms with E-state index < -0.39 is 5.97 Å². The van der Waals surface area contributed by atoms with Gasteiger partial charge in [-0.05, 0) is 29.0 Å². The van der Waals surface area contributed by atoms with Gasteiger partial charge in [-0.15, -0.1) is 0 Å². The summed E-state index contributed by atoms with van der Waals surface area (Å²) >= 11 is 0. The number of fused-ring (bicyclic) bond motifs is 1. The summed E-state index contributed by atoms with van der Waals surface area (Å²) in [4.78, 5) is 22.2. The highest BCUT2D eigenvalue weighted by Gasteiger charge is 2.09. The Hall–Kier alpha value is -2.36. The van der Waals surface area contributed by atoms with E-state index in [1.807, 2.05) is 0 Å². The molecular formula is C14H12O4. The molecule has 0 aliphatic carbocycles. The van der Waals surface area contributed by atoms with Gasteiger partial charge in [-0.2, -0.15) is 0 Å². The summed E-state index contributed by atoms with van der Waals surface area (Å²) in [6.45, 7) is 0. The standard InChI is InChI=1S/C14H12O4/c15-12-4-3-9-7-11(2-1-10(9)8-12)13(16)5-6-14(17)18/h1-4,7-8,15H,5-6H2,(H,17,18). The SMILES string of the molecule is O=C(O)CCC(=O)c1ccc2cc(O)ccc2c1. The number of carboxylic acids is 1. The molecule has 2 aromatic rings. The number of hydrogen-bond acceptors (Lipinski definition) is 3. The van der Waals surface area contributed by atoms with Crippen LogP contribution in [0.1, 0.15) is 23.2 Å². The molecule has 0 aliphatic heterocycles. The van der Waals surface area contributed by atoms with Crippen molar-refractivity contribution in [3.8, 4) is 5.75 Å². The summed E-state index contributed by atoms with van der Waals surface area (Å²) < 4.78 is 0. The van der Waals surface area contributed by atoms with Crippen LogP contribution in [-0.4, -0.2) is 22.0 Å². The second kappa shape index (κ2) is 4.87. The van der Waals surface area contributed by atoms with Crippen LogP contribution in [0, 0.1) is 0 Å². The van der Waals surface area contributed by atoms with E-state index in [0.717, 1.165) is 10.8 Å². The highest BCUT2D eigenvalue weighted by molar-refractivity contribution is 6.01. The number of aliphatic carboxylic acids is 1. The van der Waals surface area contributed by atoms with E-state index in [0.29, 0.717) is 5.56 Å². The molecule has 0 heterocycles. The first-order valence-corrected chi connectivity index (χ1v) is 5.54. The van der Waals surface area contributed by atoms with Crippen LogP contribution in [0.2, 0.25) is 0 Å². The Kier molecular flexibility index (Phi) is 3.28. The predicted octanol–water partition coefficient (Wildman–Crippen LogP) is 2.59. The molecule has 2 N–H and O–H groups in total. The molecule has 2 rings (SSSR count). The van der Waals surface area contributed by atoms with E-state index in [1.54, 1.807) is 36.4 Å². The van der Waals surface area contributed by atoms with Crippen LogP contribution in [0.15, 0.2) is 36.4 Å². The minimum absolute atomic E-state index is 0.00107. The number of aromatic hydroxyl groups is 1. The Balaban J connectivity index is 2.27. The smallest absolute Gasteiger partial charge is 0.303 e. The number of ketones is 1. The van der Waals surface area contributed by atoms with Crippen molar-refractivity contribution in [1.82, 2.24) is 0 Å². The molecule has 4 heteroatoms. The van der Waals surface area contributed by atoms with Gasteiger partial charge in [0.2, 0.25) is 0 Å². The number of rotatable bonds is 4. The average Bonchev–Trinajstić information content (AvgIpc) is 2.35. The van der Waals surface area contributed by atoms with Gasteiger partial charge in [0.05, 0.1) is 6.42 Å². The van der Waals surface area contributed by atoms with Crippen molar-refractivity contribution in [2.24, 2.45) is 0 Å². The molecule has 92 valence electrons. The fourth-order valence-electron chi connectivity index (χ4n) is 1.77. The fraction of sp³-hybridized carbons (Fsp3) is 0.143. The van der Waals surface area contributed by atoms with Gasteiger partial charge in [-0.1, -0.05) is 18.2 Å². The largest absolute Gasteiger partial charge is 0.508 e. The summed E-state index contributed by atoms with van der Waals surface area (Å²) in [5, 5.41) is 19.5. The molecule has 0 bridgehead atoms. The predicted molar refractivity (Wildman–Crippen MR) is 66.8 cm³/mol. The first-order chi connectivity index (χ1) is 8.56. The third kappa shape index (κ3) is 2.66. The van der Waals surface area contributed by atoms with Crippen LogP contribution in [0.5, 0.6) is 5.75 Å². The summed E-state index contributed by atoms with van der Waals surface area (Å²) in [6.07, 6.45) is -0.161. The Morgan fingerprint density at radius 3 is 2.33 bits per heavy atom. The van der Waals surface area contributed by atoms with Crippen molar-refractivity contribution in [1.29, 1.82) is 0 Å². The molecule has 0 saturated heterocycles. The van der Waals surface area contributed by atoms with Gasteiger partial charge in [-0.3, -0.25) is 9.59 Å². The van der Waals surface area contributed by atoms with E-state index in [1.165, 1.54) is 0 Å². The van der Waals surface area contributed by atoms with E-state index in [9.17, 15) is 14.7 Å². The topological polar surface area (TPSA) is 74.6 Å². The van der Waals surface area contributed by atoms with Crippen molar-refractivity contribution in [3.05, 3.63) is 42.0 Å². The lowest BCUT2D eigenvalue weighted by Gasteiger charge is -2.03. The summed E-state index contributed by atoms with van der Waals surface area (Å²) in [7, 11) is 0. The number of carbonyl (C=O) groups excluding carboxylic acids is 1. The summed E-state index contributed by atoms with van der Waals surface area (Å²) in [6, 6.07) is 9.97. The number of phenolic OH excluding ortho intramolecular Hbond substituents is 1. The van der Waals surface area contributed by atoms with Gasteiger partial charge >= 0.3 is 5.97 Å².